The normalized spacial score (nSPS) is 11.2. The van der Waals surface area contributed by atoms with Crippen LogP contribution in [-0.4, -0.2) is 41.9 Å². The Hall–Kier alpha value is -1.67. The van der Waals surface area contributed by atoms with Crippen molar-refractivity contribution in [2.24, 2.45) is 5.73 Å². The van der Waals surface area contributed by atoms with Crippen molar-refractivity contribution in [3.05, 3.63) is 64.7 Å². The van der Waals surface area contributed by atoms with Gasteiger partial charge in [0.2, 0.25) is 0 Å². The first-order chi connectivity index (χ1) is 13.8. The predicted molar refractivity (Wildman–Crippen MR) is 123 cm³/mol. The Morgan fingerprint density at radius 1 is 1.00 bits per heavy atom. The van der Waals surface area contributed by atoms with Crippen molar-refractivity contribution in [3.63, 3.8) is 0 Å². The Morgan fingerprint density at radius 3 is 2.14 bits per heavy atom. The maximum Gasteiger partial charge on any atom is 0.263 e. The molecule has 0 saturated carbocycles. The Balaban J connectivity index is 1.89. The van der Waals surface area contributed by atoms with Gasteiger partial charge in [0.15, 0.2) is 11.4 Å². The van der Waals surface area contributed by atoms with Crippen LogP contribution < -0.4 is 15.8 Å². The lowest BCUT2D eigenvalue weighted by Gasteiger charge is -2.25. The van der Waals surface area contributed by atoms with E-state index in [0.29, 0.717) is 35.0 Å². The number of halogens is 1. The number of ketones is 1. The number of ether oxygens (including phenoxy) is 1. The van der Waals surface area contributed by atoms with E-state index in [4.69, 9.17) is 22.1 Å². The Kier molecular flexibility index (Phi) is 9.36. The van der Waals surface area contributed by atoms with Gasteiger partial charge >= 0.3 is 0 Å². The standard InChI is InChI=1S/C21H25ClN2O3S2/c1-21(2,20(26)24-12-14-29-28-13-11-23)27-18-9-5-16(6-10-18)19(25)15-3-7-17(22)8-4-15/h3-10H,11-14,23H2,1-2H3,(H,24,26). The minimum atomic E-state index is -1.03. The van der Waals surface area contributed by atoms with E-state index >= 15 is 0 Å². The van der Waals surface area contributed by atoms with Crippen molar-refractivity contribution in [2.75, 3.05) is 24.6 Å². The summed E-state index contributed by atoms with van der Waals surface area (Å²) in [5, 5.41) is 3.46. The van der Waals surface area contributed by atoms with Gasteiger partial charge in [-0.2, -0.15) is 0 Å². The molecule has 0 fully saturated rings. The van der Waals surface area contributed by atoms with Gasteiger partial charge in [-0.05, 0) is 62.4 Å². The van der Waals surface area contributed by atoms with Crippen molar-refractivity contribution in [1.82, 2.24) is 5.32 Å². The highest BCUT2D eigenvalue weighted by Crippen LogP contribution is 2.22. The lowest BCUT2D eigenvalue weighted by molar-refractivity contribution is -0.134. The van der Waals surface area contributed by atoms with E-state index in [-0.39, 0.29) is 11.7 Å². The van der Waals surface area contributed by atoms with E-state index in [1.165, 1.54) is 0 Å². The van der Waals surface area contributed by atoms with Crippen molar-refractivity contribution >= 4 is 44.9 Å². The van der Waals surface area contributed by atoms with Gasteiger partial charge in [0.25, 0.3) is 5.91 Å². The number of nitrogens with two attached hydrogens (primary N) is 1. The Labute approximate surface area is 184 Å². The van der Waals surface area contributed by atoms with E-state index in [2.05, 4.69) is 5.32 Å². The topological polar surface area (TPSA) is 81.4 Å². The summed E-state index contributed by atoms with van der Waals surface area (Å²) in [7, 11) is 3.37. The van der Waals surface area contributed by atoms with E-state index in [9.17, 15) is 9.59 Å². The highest BCUT2D eigenvalue weighted by atomic mass is 35.5. The number of carbonyl (C=O) groups is 2. The van der Waals surface area contributed by atoms with Gasteiger partial charge in [0, 0.05) is 40.7 Å². The van der Waals surface area contributed by atoms with Crippen molar-refractivity contribution in [1.29, 1.82) is 0 Å². The summed E-state index contributed by atoms with van der Waals surface area (Å²) in [5.74, 6) is 1.92. The fourth-order valence-corrected chi connectivity index (χ4v) is 4.26. The van der Waals surface area contributed by atoms with Gasteiger partial charge in [0.05, 0.1) is 0 Å². The summed E-state index contributed by atoms with van der Waals surface area (Å²) in [5.41, 5.74) is 5.50. The molecule has 0 aliphatic carbocycles. The predicted octanol–water partition coefficient (Wildman–Crippen LogP) is 4.18. The number of carbonyl (C=O) groups excluding carboxylic acids is 2. The second-order valence-electron chi connectivity index (χ2n) is 6.66. The molecular weight excluding hydrogens is 428 g/mol. The molecule has 0 heterocycles. The molecular formula is C21H25ClN2O3S2. The van der Waals surface area contributed by atoms with Crippen LogP contribution >= 0.6 is 33.2 Å². The zero-order chi connectivity index (χ0) is 21.3. The molecule has 8 heteroatoms. The molecule has 0 radical (unpaired) electrons. The molecule has 0 saturated heterocycles. The summed E-state index contributed by atoms with van der Waals surface area (Å²) in [6.45, 7) is 4.63. The van der Waals surface area contributed by atoms with Gasteiger partial charge in [-0.1, -0.05) is 33.2 Å². The van der Waals surface area contributed by atoms with Crippen molar-refractivity contribution < 1.29 is 14.3 Å². The minimum absolute atomic E-state index is 0.102. The van der Waals surface area contributed by atoms with E-state index < -0.39 is 5.60 Å². The molecule has 3 N–H and O–H groups in total. The summed E-state index contributed by atoms with van der Waals surface area (Å²) < 4.78 is 5.85. The first kappa shape index (κ1) is 23.6. The summed E-state index contributed by atoms with van der Waals surface area (Å²) in [6.07, 6.45) is 0. The zero-order valence-corrected chi connectivity index (χ0v) is 18.8. The van der Waals surface area contributed by atoms with Crippen LogP contribution in [0, 0.1) is 0 Å². The first-order valence-electron chi connectivity index (χ1n) is 9.15. The molecule has 0 atom stereocenters. The maximum absolute atomic E-state index is 12.5. The highest BCUT2D eigenvalue weighted by molar-refractivity contribution is 8.76. The van der Waals surface area contributed by atoms with Gasteiger partial charge in [-0.3, -0.25) is 9.59 Å². The summed E-state index contributed by atoms with van der Waals surface area (Å²) >= 11 is 5.86. The van der Waals surface area contributed by atoms with Crippen molar-refractivity contribution in [3.8, 4) is 5.75 Å². The monoisotopic (exact) mass is 452 g/mol. The number of nitrogens with one attached hydrogen (secondary N) is 1. The molecule has 0 aliphatic rings. The lowest BCUT2D eigenvalue weighted by atomic mass is 10.0. The molecule has 156 valence electrons. The first-order valence-corrected chi connectivity index (χ1v) is 12.0. The Morgan fingerprint density at radius 2 is 1.55 bits per heavy atom. The molecule has 2 aromatic carbocycles. The average molecular weight is 453 g/mol. The summed E-state index contributed by atoms with van der Waals surface area (Å²) in [4.78, 5) is 24.9. The summed E-state index contributed by atoms with van der Waals surface area (Å²) in [6, 6.07) is 13.5. The largest absolute Gasteiger partial charge is 0.478 e. The van der Waals surface area contributed by atoms with Crippen LogP contribution in [0.4, 0.5) is 0 Å². The van der Waals surface area contributed by atoms with E-state index in [1.807, 2.05) is 0 Å². The highest BCUT2D eigenvalue weighted by Gasteiger charge is 2.29. The van der Waals surface area contributed by atoms with E-state index in [0.717, 1.165) is 11.5 Å². The fourth-order valence-electron chi connectivity index (χ4n) is 2.37. The van der Waals surface area contributed by atoms with Crippen LogP contribution in [0.15, 0.2) is 48.5 Å². The molecule has 1 amide bonds. The number of hydrogen-bond donors (Lipinski definition) is 2. The molecule has 0 bridgehead atoms. The smallest absolute Gasteiger partial charge is 0.263 e. The fraction of sp³-hybridized carbons (Fsp3) is 0.333. The second-order valence-corrected chi connectivity index (χ2v) is 9.80. The number of rotatable bonds is 11. The molecule has 0 spiro atoms. The van der Waals surface area contributed by atoms with Gasteiger partial charge in [0.1, 0.15) is 5.75 Å². The lowest BCUT2D eigenvalue weighted by Crippen LogP contribution is -2.47. The van der Waals surface area contributed by atoms with Crippen LogP contribution in [0.1, 0.15) is 29.8 Å². The van der Waals surface area contributed by atoms with Crippen molar-refractivity contribution in [2.45, 2.75) is 19.4 Å². The number of hydrogen-bond acceptors (Lipinski definition) is 6. The molecule has 0 aromatic heterocycles. The molecule has 0 unspecified atom stereocenters. The third-order valence-electron chi connectivity index (χ3n) is 3.90. The third-order valence-corrected chi connectivity index (χ3v) is 6.59. The van der Waals surface area contributed by atoms with E-state index in [1.54, 1.807) is 84.0 Å². The van der Waals surface area contributed by atoms with Crippen LogP contribution in [0.25, 0.3) is 0 Å². The van der Waals surface area contributed by atoms with Crippen LogP contribution in [0.5, 0.6) is 5.75 Å². The number of amides is 1. The molecule has 2 aromatic rings. The van der Waals surface area contributed by atoms with Gasteiger partial charge in [-0.15, -0.1) is 0 Å². The van der Waals surface area contributed by atoms with Gasteiger partial charge < -0.3 is 15.8 Å². The van der Waals surface area contributed by atoms with Crippen LogP contribution in [0.3, 0.4) is 0 Å². The molecule has 29 heavy (non-hydrogen) atoms. The van der Waals surface area contributed by atoms with Crippen LogP contribution in [0.2, 0.25) is 5.02 Å². The van der Waals surface area contributed by atoms with Crippen LogP contribution in [-0.2, 0) is 4.79 Å². The zero-order valence-electron chi connectivity index (χ0n) is 16.4. The Bertz CT molecular complexity index is 812. The SMILES string of the molecule is CC(C)(Oc1ccc(C(=O)c2ccc(Cl)cc2)cc1)C(=O)NCCSSCCN. The molecule has 2 rings (SSSR count). The maximum atomic E-state index is 12.5. The quantitative estimate of drug-likeness (QED) is 0.302. The van der Waals surface area contributed by atoms with Gasteiger partial charge in [-0.25, -0.2) is 0 Å². The molecule has 0 aliphatic heterocycles. The average Bonchev–Trinajstić information content (AvgIpc) is 2.70. The molecule has 5 nitrogen and oxygen atoms in total. The number of benzene rings is 2. The minimum Gasteiger partial charge on any atom is -0.478 e. The second kappa shape index (κ2) is 11.5. The third kappa shape index (κ3) is 7.59.